The maximum absolute atomic E-state index is 15.7. The highest BCUT2D eigenvalue weighted by atomic mass is 19.1. The van der Waals surface area contributed by atoms with Crippen LogP contribution in [0.3, 0.4) is 0 Å². The van der Waals surface area contributed by atoms with Crippen molar-refractivity contribution in [2.75, 3.05) is 44.9 Å². The molecule has 3 fully saturated rings. The Morgan fingerprint density at radius 2 is 1.87 bits per heavy atom. The lowest BCUT2D eigenvalue weighted by Crippen LogP contribution is -2.63. The molecule has 4 aromatic rings. The van der Waals surface area contributed by atoms with Crippen LogP contribution in [0.5, 0.6) is 5.75 Å². The summed E-state index contributed by atoms with van der Waals surface area (Å²) in [5.41, 5.74) is 0.881. The number of rotatable bonds is 10. The number of methoxy groups -OCH3 is 1. The van der Waals surface area contributed by atoms with Gasteiger partial charge in [-0.1, -0.05) is 57.2 Å². The number of amides is 2. The predicted molar refractivity (Wildman–Crippen MR) is 186 cm³/mol. The standard InChI is InChI=1S/C37H44F2N8O5/c1-36(2,3)32(48)20-45-34(44-17-16-40-19-30(44)27-12-8-9-13-31(27)50-4)47(46(35(45)49)26-10-6-5-7-11-26)33-21-51-37(52-33,22-43-24-41-23-42-43)28-15-14-25(38)18-29(28)39/h5-15,18,23-24,30,32-34,40,48H,16-17,19-22H2,1-4H3. The number of halogens is 2. The van der Waals surface area contributed by atoms with E-state index in [1.807, 2.05) is 80.4 Å². The third-order valence-electron chi connectivity index (χ3n) is 9.88. The second kappa shape index (κ2) is 14.5. The summed E-state index contributed by atoms with van der Waals surface area (Å²) in [5.74, 6) is -2.70. The summed E-state index contributed by atoms with van der Waals surface area (Å²) < 4.78 is 50.5. The lowest BCUT2D eigenvalue weighted by molar-refractivity contribution is -0.218. The zero-order valence-electron chi connectivity index (χ0n) is 29.6. The Balaban J connectivity index is 1.38. The number of β-amino-alcohol motifs (C(OH)–C–C–N with tert-alkyl or cyclic N) is 1. The van der Waals surface area contributed by atoms with Gasteiger partial charge in [-0.3, -0.25) is 9.80 Å². The fourth-order valence-electron chi connectivity index (χ4n) is 7.11. The van der Waals surface area contributed by atoms with E-state index in [9.17, 15) is 14.3 Å². The molecule has 2 amide bonds. The first kappa shape index (κ1) is 35.9. The van der Waals surface area contributed by atoms with Gasteiger partial charge in [-0.05, 0) is 35.7 Å². The number of ether oxygens (including phenoxy) is 3. The van der Waals surface area contributed by atoms with Crippen molar-refractivity contribution in [1.29, 1.82) is 0 Å². The maximum atomic E-state index is 15.7. The van der Waals surface area contributed by atoms with Crippen molar-refractivity contribution in [3.05, 3.63) is 108 Å². The Morgan fingerprint density at radius 3 is 2.58 bits per heavy atom. The van der Waals surface area contributed by atoms with E-state index in [0.717, 1.165) is 17.7 Å². The molecule has 0 saturated carbocycles. The van der Waals surface area contributed by atoms with Crippen molar-refractivity contribution in [3.8, 4) is 5.75 Å². The average molecular weight is 719 g/mol. The van der Waals surface area contributed by atoms with E-state index in [0.29, 0.717) is 31.1 Å². The molecular weight excluding hydrogens is 674 g/mol. The number of hydrogen-bond donors (Lipinski definition) is 2. The minimum atomic E-state index is -1.78. The van der Waals surface area contributed by atoms with E-state index in [2.05, 4.69) is 20.3 Å². The van der Waals surface area contributed by atoms with Gasteiger partial charge in [0.1, 0.15) is 36.6 Å². The average Bonchev–Trinajstić information content (AvgIpc) is 3.87. The SMILES string of the molecule is COc1ccccc1C1CNCCN1C1N(CC(O)C(C)(C)C)C(=O)N(c2ccccc2)N1C1COC(Cn2cncn2)(c2ccc(F)cc2F)O1. The Bertz CT molecular complexity index is 1850. The van der Waals surface area contributed by atoms with Gasteiger partial charge in [-0.25, -0.2) is 28.3 Å². The molecule has 5 unspecified atom stereocenters. The summed E-state index contributed by atoms with van der Waals surface area (Å²) in [4.78, 5) is 22.8. The van der Waals surface area contributed by atoms with Crippen molar-refractivity contribution in [2.45, 2.75) is 57.8 Å². The quantitative estimate of drug-likeness (QED) is 0.246. The van der Waals surface area contributed by atoms with Gasteiger partial charge in [0.05, 0.1) is 38.1 Å². The number of nitrogens with zero attached hydrogens (tertiary/aromatic N) is 7. The minimum Gasteiger partial charge on any atom is -0.496 e. The van der Waals surface area contributed by atoms with Crippen molar-refractivity contribution >= 4 is 11.7 Å². The van der Waals surface area contributed by atoms with Gasteiger partial charge in [-0.2, -0.15) is 5.10 Å². The van der Waals surface area contributed by atoms with E-state index >= 15 is 4.39 Å². The molecule has 5 atom stereocenters. The molecule has 0 aliphatic carbocycles. The summed E-state index contributed by atoms with van der Waals surface area (Å²) in [6.07, 6.45) is 0.0803. The number of piperazine rings is 1. The largest absolute Gasteiger partial charge is 0.496 e. The van der Waals surface area contributed by atoms with Gasteiger partial charge < -0.3 is 24.6 Å². The lowest BCUT2D eigenvalue weighted by Gasteiger charge is -2.47. The molecule has 7 rings (SSSR count). The number of aromatic nitrogens is 3. The van der Waals surface area contributed by atoms with Crippen LogP contribution in [-0.4, -0.2) is 99.2 Å². The Morgan fingerprint density at radius 1 is 1.10 bits per heavy atom. The number of aliphatic hydroxyl groups excluding tert-OH is 1. The highest BCUT2D eigenvalue weighted by Crippen LogP contribution is 2.44. The number of carbonyl (C=O) groups excluding carboxylic acids is 1. The van der Waals surface area contributed by atoms with Crippen LogP contribution in [0, 0.1) is 17.0 Å². The molecule has 3 aliphatic heterocycles. The molecule has 3 aromatic carbocycles. The number of hydrazine groups is 1. The van der Waals surface area contributed by atoms with Gasteiger partial charge in [-0.15, -0.1) is 5.01 Å². The predicted octanol–water partition coefficient (Wildman–Crippen LogP) is 4.29. The van der Waals surface area contributed by atoms with Crippen LogP contribution in [0.1, 0.15) is 37.9 Å². The first-order valence-electron chi connectivity index (χ1n) is 17.3. The molecule has 15 heteroatoms. The molecular formula is C37H44F2N8O5. The van der Waals surface area contributed by atoms with Crippen molar-refractivity contribution in [1.82, 2.24) is 34.9 Å². The monoisotopic (exact) mass is 718 g/mol. The van der Waals surface area contributed by atoms with E-state index in [1.165, 1.54) is 23.4 Å². The maximum Gasteiger partial charge on any atom is 0.341 e. The van der Waals surface area contributed by atoms with Gasteiger partial charge in [0.15, 0.2) is 12.5 Å². The zero-order chi connectivity index (χ0) is 36.6. The number of anilines is 1. The Hall–Kier alpha value is -4.51. The number of hydrogen-bond acceptors (Lipinski definition) is 10. The fourth-order valence-corrected chi connectivity index (χ4v) is 7.11. The molecule has 276 valence electrons. The van der Waals surface area contributed by atoms with Crippen molar-refractivity contribution in [2.24, 2.45) is 5.41 Å². The highest BCUT2D eigenvalue weighted by molar-refractivity contribution is 5.93. The number of benzene rings is 3. The molecule has 2 N–H and O–H groups in total. The van der Waals surface area contributed by atoms with Crippen LogP contribution in [0.4, 0.5) is 19.3 Å². The summed E-state index contributed by atoms with van der Waals surface area (Å²) in [5, 5.41) is 22.6. The van der Waals surface area contributed by atoms with Gasteiger partial charge in [0, 0.05) is 36.8 Å². The second-order valence-corrected chi connectivity index (χ2v) is 14.2. The molecule has 13 nitrogen and oxygen atoms in total. The zero-order valence-corrected chi connectivity index (χ0v) is 29.6. The summed E-state index contributed by atoms with van der Waals surface area (Å²) in [6.45, 7) is 7.20. The molecule has 3 saturated heterocycles. The summed E-state index contributed by atoms with van der Waals surface area (Å²) in [6, 6.07) is 19.5. The first-order valence-corrected chi connectivity index (χ1v) is 17.3. The van der Waals surface area contributed by atoms with Crippen LogP contribution in [0.15, 0.2) is 85.5 Å². The highest BCUT2D eigenvalue weighted by Gasteiger charge is 2.58. The molecule has 0 bridgehead atoms. The molecule has 4 heterocycles. The van der Waals surface area contributed by atoms with E-state index in [4.69, 9.17) is 14.2 Å². The molecule has 52 heavy (non-hydrogen) atoms. The van der Waals surface area contributed by atoms with E-state index in [-0.39, 0.29) is 37.3 Å². The second-order valence-electron chi connectivity index (χ2n) is 14.2. The van der Waals surface area contributed by atoms with Crippen LogP contribution in [0.2, 0.25) is 0 Å². The fraction of sp³-hybridized carbons (Fsp3) is 0.432. The summed E-state index contributed by atoms with van der Waals surface area (Å²) in [7, 11) is 1.63. The third-order valence-corrected chi connectivity index (χ3v) is 9.88. The summed E-state index contributed by atoms with van der Waals surface area (Å²) >= 11 is 0. The third kappa shape index (κ3) is 6.75. The number of carbonyl (C=O) groups is 1. The topological polar surface area (TPSA) is 121 Å². The number of nitrogens with one attached hydrogen (secondary N) is 1. The van der Waals surface area contributed by atoms with Crippen LogP contribution >= 0.6 is 0 Å². The van der Waals surface area contributed by atoms with Crippen LogP contribution < -0.4 is 15.1 Å². The van der Waals surface area contributed by atoms with Crippen molar-refractivity contribution < 1.29 is 32.9 Å². The number of para-hydroxylation sites is 2. The molecule has 0 spiro atoms. The molecule has 3 aliphatic rings. The normalized spacial score (nSPS) is 25.2. The van der Waals surface area contributed by atoms with E-state index in [1.54, 1.807) is 17.0 Å². The Labute approximate surface area is 301 Å². The van der Waals surface area contributed by atoms with Crippen LogP contribution in [0.25, 0.3) is 0 Å². The lowest BCUT2D eigenvalue weighted by atomic mass is 9.89. The smallest absolute Gasteiger partial charge is 0.341 e. The van der Waals surface area contributed by atoms with Crippen LogP contribution in [-0.2, 0) is 21.8 Å². The van der Waals surface area contributed by atoms with Gasteiger partial charge >= 0.3 is 6.03 Å². The molecule has 0 radical (unpaired) electrons. The van der Waals surface area contributed by atoms with Crippen molar-refractivity contribution in [3.63, 3.8) is 0 Å². The molecule has 1 aromatic heterocycles. The Kier molecular flexibility index (Phi) is 9.99. The number of urea groups is 1. The first-order chi connectivity index (χ1) is 25.0. The van der Waals surface area contributed by atoms with Gasteiger partial charge in [0.2, 0.25) is 5.79 Å². The van der Waals surface area contributed by atoms with Gasteiger partial charge in [0.25, 0.3) is 0 Å². The number of aliphatic hydroxyl groups is 1. The van der Waals surface area contributed by atoms with E-state index < -0.39 is 41.5 Å². The minimum absolute atomic E-state index is 0.000324.